The Morgan fingerprint density at radius 1 is 1.13 bits per heavy atom. The number of para-hydroxylation sites is 1. The SMILES string of the molecule is Cc1cc(C(=O)N[C@H]2CCCCC/C=C\[C@@H]3C[C@@]3(C(=O)NS(=O)(=O)C3(C)CC3)NC(=O)[C@@H]3C[C@@H](Oc4nc5c(F)cccc5nc4C)CN3C2=O)on1. The lowest BCUT2D eigenvalue weighted by Crippen LogP contribution is -2.58. The molecule has 4 heterocycles. The summed E-state index contributed by atoms with van der Waals surface area (Å²) in [5.41, 5.74) is -0.385. The predicted octanol–water partition coefficient (Wildman–Crippen LogP) is 2.91. The van der Waals surface area contributed by atoms with Crippen molar-refractivity contribution in [1.29, 1.82) is 0 Å². The topological polar surface area (TPSA) is 203 Å². The smallest absolute Gasteiger partial charge is 0.290 e. The van der Waals surface area contributed by atoms with Crippen molar-refractivity contribution < 1.29 is 41.2 Å². The van der Waals surface area contributed by atoms with Gasteiger partial charge in [-0.05, 0) is 71.4 Å². The van der Waals surface area contributed by atoms with Crippen LogP contribution in [0.2, 0.25) is 0 Å². The third-order valence-corrected chi connectivity index (χ3v) is 12.8. The number of aryl methyl sites for hydroxylation is 2. The highest BCUT2D eigenvalue weighted by Gasteiger charge is 2.63. The number of nitrogens with zero attached hydrogens (tertiary/aromatic N) is 4. The van der Waals surface area contributed by atoms with Gasteiger partial charge in [0.15, 0.2) is 5.82 Å². The molecule has 3 fully saturated rings. The van der Waals surface area contributed by atoms with E-state index in [0.717, 1.165) is 12.8 Å². The fourth-order valence-electron chi connectivity index (χ4n) is 7.03. The van der Waals surface area contributed by atoms with E-state index in [9.17, 15) is 32.0 Å². The number of sulfonamides is 1. The fourth-order valence-corrected chi connectivity index (χ4v) is 8.34. The first-order chi connectivity index (χ1) is 25.2. The Morgan fingerprint density at radius 3 is 2.66 bits per heavy atom. The Hall–Kier alpha value is -4.93. The highest BCUT2D eigenvalue weighted by molar-refractivity contribution is 7.91. The van der Waals surface area contributed by atoms with Gasteiger partial charge in [-0.25, -0.2) is 22.8 Å². The number of carbonyl (C=O) groups excluding carboxylic acids is 4. The molecule has 3 N–H and O–H groups in total. The van der Waals surface area contributed by atoms with Crippen molar-refractivity contribution in [2.75, 3.05) is 6.54 Å². The number of hydrogen-bond donors (Lipinski definition) is 3. The molecular weight excluding hydrogens is 710 g/mol. The summed E-state index contributed by atoms with van der Waals surface area (Å²) in [6.07, 6.45) is 6.85. The van der Waals surface area contributed by atoms with Crippen LogP contribution in [0.4, 0.5) is 4.39 Å². The first-order valence-electron chi connectivity index (χ1n) is 17.9. The third-order valence-electron chi connectivity index (χ3n) is 10.7. The summed E-state index contributed by atoms with van der Waals surface area (Å²) in [6.45, 7) is 4.76. The van der Waals surface area contributed by atoms with Gasteiger partial charge in [-0.3, -0.25) is 23.9 Å². The molecule has 5 atom stereocenters. The molecule has 3 aromatic rings. The summed E-state index contributed by atoms with van der Waals surface area (Å²) >= 11 is 0. The van der Waals surface area contributed by atoms with Crippen molar-refractivity contribution in [2.45, 2.75) is 107 Å². The Balaban J connectivity index is 1.20. The molecule has 0 radical (unpaired) electrons. The average Bonchev–Trinajstić information content (AvgIpc) is 3.91. The minimum absolute atomic E-state index is 0.00372. The van der Waals surface area contributed by atoms with Crippen LogP contribution in [0.15, 0.2) is 40.9 Å². The maximum absolute atomic E-state index is 14.7. The van der Waals surface area contributed by atoms with E-state index < -0.39 is 73.9 Å². The van der Waals surface area contributed by atoms with Crippen LogP contribution in [0.1, 0.15) is 86.7 Å². The van der Waals surface area contributed by atoms with Gasteiger partial charge < -0.3 is 24.8 Å². The number of rotatable bonds is 7. The van der Waals surface area contributed by atoms with Gasteiger partial charge in [-0.1, -0.05) is 36.2 Å². The van der Waals surface area contributed by atoms with Crippen LogP contribution >= 0.6 is 0 Å². The highest BCUT2D eigenvalue weighted by Crippen LogP contribution is 2.47. The molecule has 282 valence electrons. The molecule has 17 heteroatoms. The summed E-state index contributed by atoms with van der Waals surface area (Å²) in [6, 6.07) is 3.59. The van der Waals surface area contributed by atoms with Gasteiger partial charge in [0, 0.05) is 18.4 Å². The largest absolute Gasteiger partial charge is 0.471 e. The minimum atomic E-state index is -4.01. The molecule has 2 saturated carbocycles. The minimum Gasteiger partial charge on any atom is -0.471 e. The molecule has 0 spiro atoms. The zero-order chi connectivity index (χ0) is 37.7. The quantitative estimate of drug-likeness (QED) is 0.300. The molecule has 1 aromatic carbocycles. The van der Waals surface area contributed by atoms with E-state index in [4.69, 9.17) is 9.26 Å². The van der Waals surface area contributed by atoms with Crippen LogP contribution in [0.3, 0.4) is 0 Å². The average molecular weight is 752 g/mol. The van der Waals surface area contributed by atoms with Crippen molar-refractivity contribution >= 4 is 44.7 Å². The molecule has 53 heavy (non-hydrogen) atoms. The molecule has 1 saturated heterocycles. The maximum Gasteiger partial charge on any atom is 0.290 e. The Labute approximate surface area is 305 Å². The number of benzene rings is 1. The Bertz CT molecular complexity index is 2120. The highest BCUT2D eigenvalue weighted by atomic mass is 32.2. The number of amides is 4. The summed E-state index contributed by atoms with van der Waals surface area (Å²) < 4.78 is 53.4. The number of fused-ring (bicyclic) bond motifs is 3. The number of aromatic nitrogens is 3. The van der Waals surface area contributed by atoms with Crippen molar-refractivity contribution in [3.63, 3.8) is 0 Å². The van der Waals surface area contributed by atoms with Crippen molar-refractivity contribution in [3.05, 3.63) is 59.4 Å². The molecule has 2 aliphatic heterocycles. The number of carbonyl (C=O) groups is 4. The first-order valence-corrected chi connectivity index (χ1v) is 19.4. The number of nitrogens with one attached hydrogen (secondary N) is 3. The van der Waals surface area contributed by atoms with E-state index >= 15 is 0 Å². The van der Waals surface area contributed by atoms with Gasteiger partial charge in [0.1, 0.15) is 34.9 Å². The first kappa shape index (κ1) is 36.4. The number of halogens is 1. The molecule has 0 unspecified atom stereocenters. The summed E-state index contributed by atoms with van der Waals surface area (Å²) in [5.74, 6) is -3.85. The van der Waals surface area contributed by atoms with Crippen LogP contribution in [0, 0.1) is 25.6 Å². The standard InChI is InChI=1S/C36H42FN7O8S/c1-20-16-28(52-42-20)31(46)39-26-12-8-6-4-5-7-10-22-18-36(22,34(48)43-53(49,50)35(3)14-15-35)41-30(45)27-17-23(19-44(27)33(26)47)51-32-21(2)38-25-13-9-11-24(37)29(25)40-32/h7,9-11,13,16,22-23,26-27H,4-6,8,12,14-15,17-19H2,1-3H3,(H,39,46)(H,41,45)(H,43,48)/b10-7-/t22-,23-,26+,27+,36-/m1/s1. The molecule has 2 aromatic heterocycles. The zero-order valence-electron chi connectivity index (χ0n) is 29.7. The lowest BCUT2D eigenvalue weighted by Gasteiger charge is -2.29. The second-order valence-electron chi connectivity index (χ2n) is 14.8. The number of hydrogen-bond acceptors (Lipinski definition) is 11. The second-order valence-corrected chi connectivity index (χ2v) is 17.0. The van der Waals surface area contributed by atoms with Gasteiger partial charge in [0.2, 0.25) is 33.5 Å². The van der Waals surface area contributed by atoms with E-state index in [1.807, 2.05) is 12.2 Å². The van der Waals surface area contributed by atoms with Crippen LogP contribution in [0.25, 0.3) is 11.0 Å². The molecule has 0 bridgehead atoms. The van der Waals surface area contributed by atoms with Gasteiger partial charge in [0.05, 0.1) is 22.5 Å². The molecular formula is C36H42FN7O8S. The summed E-state index contributed by atoms with van der Waals surface area (Å²) in [7, 11) is -4.01. The number of allylic oxidation sites excluding steroid dienone is 1. The molecule has 7 rings (SSSR count). The summed E-state index contributed by atoms with van der Waals surface area (Å²) in [5, 5.41) is 9.36. The molecule has 15 nitrogen and oxygen atoms in total. The van der Waals surface area contributed by atoms with Crippen LogP contribution < -0.4 is 20.1 Å². The molecule has 4 amide bonds. The fraction of sp³-hybridized carbons (Fsp3) is 0.528. The zero-order valence-corrected chi connectivity index (χ0v) is 30.5. The monoisotopic (exact) mass is 751 g/mol. The van der Waals surface area contributed by atoms with Crippen LogP contribution in [-0.4, -0.2) is 87.1 Å². The van der Waals surface area contributed by atoms with Crippen molar-refractivity contribution in [3.8, 4) is 5.88 Å². The van der Waals surface area contributed by atoms with Crippen LogP contribution in [-0.2, 0) is 24.4 Å². The predicted molar refractivity (Wildman–Crippen MR) is 187 cm³/mol. The van der Waals surface area contributed by atoms with E-state index in [1.54, 1.807) is 26.8 Å². The van der Waals surface area contributed by atoms with E-state index in [1.165, 1.54) is 23.1 Å². The van der Waals surface area contributed by atoms with E-state index in [2.05, 4.69) is 30.5 Å². The second kappa shape index (κ2) is 13.8. The molecule has 2 aliphatic carbocycles. The van der Waals surface area contributed by atoms with Crippen molar-refractivity contribution in [2.24, 2.45) is 5.92 Å². The normalized spacial score (nSPS) is 27.7. The van der Waals surface area contributed by atoms with Crippen molar-refractivity contribution in [1.82, 2.24) is 35.4 Å². The Kier molecular flexibility index (Phi) is 9.49. The molecule has 4 aliphatic rings. The lowest BCUT2D eigenvalue weighted by atomic mass is 10.0. The van der Waals surface area contributed by atoms with E-state index in [0.29, 0.717) is 42.6 Å². The van der Waals surface area contributed by atoms with E-state index in [-0.39, 0.29) is 43.0 Å². The van der Waals surface area contributed by atoms with Crippen LogP contribution in [0.5, 0.6) is 5.88 Å². The lowest BCUT2D eigenvalue weighted by molar-refractivity contribution is -0.141. The summed E-state index contributed by atoms with van der Waals surface area (Å²) in [4.78, 5) is 65.9. The maximum atomic E-state index is 14.7. The van der Waals surface area contributed by atoms with Gasteiger partial charge in [0.25, 0.3) is 11.8 Å². The number of ether oxygens (including phenoxy) is 1. The Morgan fingerprint density at radius 2 is 1.92 bits per heavy atom. The van der Waals surface area contributed by atoms with Gasteiger partial charge in [-0.2, -0.15) is 0 Å². The van der Waals surface area contributed by atoms with Gasteiger partial charge >= 0.3 is 0 Å². The third kappa shape index (κ3) is 7.22. The van der Waals surface area contributed by atoms with Gasteiger partial charge in [-0.15, -0.1) is 0 Å².